The molecule has 37 heavy (non-hydrogen) atoms. The molecule has 2 heterocycles. The number of nitrogens with one attached hydrogen (secondary N) is 2. The van der Waals surface area contributed by atoms with E-state index in [-0.39, 0.29) is 4.90 Å². The highest BCUT2D eigenvalue weighted by Crippen LogP contribution is 2.30. The van der Waals surface area contributed by atoms with Gasteiger partial charge in [-0.3, -0.25) is 4.79 Å². The van der Waals surface area contributed by atoms with Crippen molar-refractivity contribution in [3.63, 3.8) is 0 Å². The lowest BCUT2D eigenvalue weighted by atomic mass is 10.0. The zero-order valence-electron chi connectivity index (χ0n) is 20.9. The molecule has 4 aromatic rings. The van der Waals surface area contributed by atoms with Gasteiger partial charge in [0.1, 0.15) is 11.6 Å². The van der Waals surface area contributed by atoms with Gasteiger partial charge in [-0.1, -0.05) is 30.3 Å². The number of fused-ring (bicyclic) bond motifs is 1. The van der Waals surface area contributed by atoms with Crippen molar-refractivity contribution in [2.45, 2.75) is 44.2 Å². The first-order valence-corrected chi connectivity index (χ1v) is 13.1. The summed E-state index contributed by atoms with van der Waals surface area (Å²) in [5.41, 5.74) is 1.81. The first kappa shape index (κ1) is 25.9. The molecule has 2 aromatic heterocycles. The molecule has 0 unspecified atom stereocenters. The Morgan fingerprint density at radius 1 is 0.973 bits per heavy atom. The molecule has 2 N–H and O–H groups in total. The molecule has 0 aliphatic carbocycles. The summed E-state index contributed by atoms with van der Waals surface area (Å²) in [6, 6.07) is 18.0. The second kappa shape index (κ2) is 10.1. The summed E-state index contributed by atoms with van der Waals surface area (Å²) in [5, 5.41) is 5.95. The fourth-order valence-electron chi connectivity index (χ4n) is 3.70. The lowest BCUT2D eigenvalue weighted by Crippen LogP contribution is -2.43. The van der Waals surface area contributed by atoms with Gasteiger partial charge in [-0.05, 0) is 75.2 Å². The average molecular weight is 521 g/mol. The Balaban J connectivity index is 1.53. The number of amides is 2. The predicted molar refractivity (Wildman–Crippen MR) is 142 cm³/mol. The van der Waals surface area contributed by atoms with Crippen molar-refractivity contribution in [1.82, 2.24) is 14.3 Å². The summed E-state index contributed by atoms with van der Waals surface area (Å²) in [6.07, 6.45) is 2.39. The lowest BCUT2D eigenvalue weighted by molar-refractivity contribution is -0.117. The topological polar surface area (TPSA) is 119 Å². The maximum Gasteiger partial charge on any atom is 0.408 e. The summed E-state index contributed by atoms with van der Waals surface area (Å²) in [5.74, 6) is -0.395. The highest BCUT2D eigenvalue weighted by molar-refractivity contribution is 7.90. The third-order valence-corrected chi connectivity index (χ3v) is 7.12. The monoisotopic (exact) mass is 520 g/mol. The van der Waals surface area contributed by atoms with Crippen molar-refractivity contribution in [3.05, 3.63) is 79.1 Å². The second-order valence-electron chi connectivity index (χ2n) is 9.46. The SMILES string of the molecule is C[C@H](NC(=O)OC(C)(C)C)C(=O)Nc1ccc(-c2ccnc3c2ccn3S(=O)(=O)c2ccccc2)cc1. The van der Waals surface area contributed by atoms with Crippen LogP contribution in [0.15, 0.2) is 84.0 Å². The lowest BCUT2D eigenvalue weighted by Gasteiger charge is -2.21. The van der Waals surface area contributed by atoms with E-state index >= 15 is 0 Å². The normalized spacial score (nSPS) is 12.6. The number of hydrogen-bond donors (Lipinski definition) is 2. The van der Waals surface area contributed by atoms with Gasteiger partial charge in [0.25, 0.3) is 10.0 Å². The van der Waals surface area contributed by atoms with Gasteiger partial charge < -0.3 is 15.4 Å². The summed E-state index contributed by atoms with van der Waals surface area (Å²) >= 11 is 0. The standard InChI is InChI=1S/C27H28N4O5S/c1-18(29-26(33)36-27(2,3)4)25(32)30-20-12-10-19(11-13-20)22-14-16-28-24-23(22)15-17-31(24)37(34,35)21-8-6-5-7-9-21/h5-18H,1-4H3,(H,29,33)(H,30,32)/t18-/m0/s1. The van der Waals surface area contributed by atoms with E-state index in [1.54, 1.807) is 82.4 Å². The molecule has 0 aliphatic rings. The molecular formula is C27H28N4O5S. The van der Waals surface area contributed by atoms with Crippen LogP contribution in [0.2, 0.25) is 0 Å². The molecule has 0 saturated carbocycles. The summed E-state index contributed by atoms with van der Waals surface area (Å²) in [7, 11) is -3.80. The number of aromatic nitrogens is 2. The first-order valence-electron chi connectivity index (χ1n) is 11.6. The van der Waals surface area contributed by atoms with Crippen LogP contribution in [0.3, 0.4) is 0 Å². The molecule has 10 heteroatoms. The maximum atomic E-state index is 13.1. The largest absolute Gasteiger partial charge is 0.444 e. The predicted octanol–water partition coefficient (Wildman–Crippen LogP) is 4.79. The Bertz CT molecular complexity index is 1540. The van der Waals surface area contributed by atoms with E-state index in [1.165, 1.54) is 10.2 Å². The third kappa shape index (κ3) is 5.80. The Labute approximate surface area is 215 Å². The number of alkyl carbamates (subject to hydrolysis) is 1. The van der Waals surface area contributed by atoms with E-state index in [0.717, 1.165) is 11.1 Å². The molecule has 0 spiro atoms. The minimum Gasteiger partial charge on any atom is -0.444 e. The fraction of sp³-hybridized carbons (Fsp3) is 0.222. The van der Waals surface area contributed by atoms with Gasteiger partial charge in [0.15, 0.2) is 5.65 Å². The maximum absolute atomic E-state index is 13.1. The minimum absolute atomic E-state index is 0.176. The molecule has 0 radical (unpaired) electrons. The number of ether oxygens (including phenoxy) is 1. The zero-order chi connectivity index (χ0) is 26.8. The Morgan fingerprint density at radius 2 is 1.65 bits per heavy atom. The highest BCUT2D eigenvalue weighted by atomic mass is 32.2. The van der Waals surface area contributed by atoms with Crippen LogP contribution in [0.1, 0.15) is 27.7 Å². The van der Waals surface area contributed by atoms with Crippen LogP contribution >= 0.6 is 0 Å². The molecule has 1 atom stereocenters. The zero-order valence-corrected chi connectivity index (χ0v) is 21.7. The smallest absolute Gasteiger partial charge is 0.408 e. The molecule has 192 valence electrons. The fourth-order valence-corrected chi connectivity index (χ4v) is 5.02. The van der Waals surface area contributed by atoms with Crippen LogP contribution in [0.4, 0.5) is 10.5 Å². The van der Waals surface area contributed by atoms with Crippen LogP contribution in [0, 0.1) is 0 Å². The van der Waals surface area contributed by atoms with Crippen LogP contribution in [0.25, 0.3) is 22.2 Å². The number of pyridine rings is 1. The molecule has 4 rings (SSSR count). The van der Waals surface area contributed by atoms with Gasteiger partial charge in [-0.15, -0.1) is 0 Å². The van der Waals surface area contributed by atoms with Crippen LogP contribution in [-0.4, -0.2) is 41.0 Å². The molecule has 0 aliphatic heterocycles. The quantitative estimate of drug-likeness (QED) is 0.377. The van der Waals surface area contributed by atoms with E-state index in [0.29, 0.717) is 16.7 Å². The molecule has 0 saturated heterocycles. The summed E-state index contributed by atoms with van der Waals surface area (Å²) in [6.45, 7) is 6.79. The average Bonchev–Trinajstić information content (AvgIpc) is 3.29. The van der Waals surface area contributed by atoms with Crippen molar-refractivity contribution in [2.24, 2.45) is 0 Å². The van der Waals surface area contributed by atoms with Gasteiger partial charge in [0, 0.05) is 23.5 Å². The van der Waals surface area contributed by atoms with Crippen LogP contribution < -0.4 is 10.6 Å². The summed E-state index contributed by atoms with van der Waals surface area (Å²) in [4.78, 5) is 28.9. The van der Waals surface area contributed by atoms with Crippen molar-refractivity contribution in [1.29, 1.82) is 0 Å². The number of carbonyl (C=O) groups is 2. The van der Waals surface area contributed by atoms with E-state index in [1.807, 2.05) is 18.2 Å². The third-order valence-electron chi connectivity index (χ3n) is 5.44. The molecule has 9 nitrogen and oxygen atoms in total. The van der Waals surface area contributed by atoms with Gasteiger partial charge in [-0.2, -0.15) is 0 Å². The molecule has 2 amide bonds. The first-order chi connectivity index (χ1) is 17.5. The van der Waals surface area contributed by atoms with Crippen molar-refractivity contribution in [2.75, 3.05) is 5.32 Å². The van der Waals surface area contributed by atoms with E-state index in [4.69, 9.17) is 4.74 Å². The van der Waals surface area contributed by atoms with Gasteiger partial charge >= 0.3 is 6.09 Å². The second-order valence-corrected chi connectivity index (χ2v) is 11.3. The summed E-state index contributed by atoms with van der Waals surface area (Å²) < 4.78 is 32.6. The van der Waals surface area contributed by atoms with Crippen LogP contribution in [0.5, 0.6) is 0 Å². The molecule has 0 bridgehead atoms. The van der Waals surface area contributed by atoms with Gasteiger partial charge in [-0.25, -0.2) is 22.2 Å². The minimum atomic E-state index is -3.80. The van der Waals surface area contributed by atoms with Gasteiger partial charge in [0.05, 0.1) is 4.90 Å². The van der Waals surface area contributed by atoms with E-state index in [2.05, 4.69) is 15.6 Å². The number of rotatable bonds is 6. The van der Waals surface area contributed by atoms with Crippen molar-refractivity contribution < 1.29 is 22.7 Å². The molecule has 2 aromatic carbocycles. The Hall–Kier alpha value is -4.18. The molecular weight excluding hydrogens is 492 g/mol. The Kier molecular flexibility index (Phi) is 7.04. The van der Waals surface area contributed by atoms with Crippen molar-refractivity contribution >= 4 is 38.7 Å². The number of nitrogens with zero attached hydrogens (tertiary/aromatic N) is 2. The van der Waals surface area contributed by atoms with Gasteiger partial charge in [0.2, 0.25) is 5.91 Å². The van der Waals surface area contributed by atoms with E-state index in [9.17, 15) is 18.0 Å². The highest BCUT2D eigenvalue weighted by Gasteiger charge is 2.22. The Morgan fingerprint density at radius 3 is 2.30 bits per heavy atom. The number of hydrogen-bond acceptors (Lipinski definition) is 6. The van der Waals surface area contributed by atoms with Crippen LogP contribution in [-0.2, 0) is 19.6 Å². The number of benzene rings is 2. The number of carbonyl (C=O) groups excluding carboxylic acids is 2. The molecule has 0 fully saturated rings. The number of anilines is 1. The van der Waals surface area contributed by atoms with Crippen molar-refractivity contribution in [3.8, 4) is 11.1 Å². The van der Waals surface area contributed by atoms with E-state index < -0.39 is 33.7 Å².